The number of rotatable bonds is 3. The summed E-state index contributed by atoms with van der Waals surface area (Å²) >= 11 is 0. The topological polar surface area (TPSA) is 70.7 Å². The Morgan fingerprint density at radius 2 is 2.17 bits per heavy atom. The Labute approximate surface area is 134 Å². The second kappa shape index (κ2) is 5.19. The van der Waals surface area contributed by atoms with E-state index in [0.717, 1.165) is 40.1 Å². The highest BCUT2D eigenvalue weighted by Gasteiger charge is 2.31. The lowest BCUT2D eigenvalue weighted by atomic mass is 9.91. The average Bonchev–Trinajstić information content (AvgIpc) is 3.07. The molecule has 3 heterocycles. The average molecular weight is 306 g/mol. The molecule has 0 saturated carbocycles. The molecule has 1 amide bonds. The molecule has 0 saturated heterocycles. The normalized spacial score (nSPS) is 16.8. The Hall–Kier alpha value is -2.69. The molecule has 3 aromatic rings. The smallest absolute Gasteiger partial charge is 0.232 e. The molecule has 23 heavy (non-hydrogen) atoms. The molecule has 0 radical (unpaired) electrons. The van der Waals surface area contributed by atoms with Crippen LogP contribution in [0.3, 0.4) is 0 Å². The van der Waals surface area contributed by atoms with E-state index in [4.69, 9.17) is 0 Å². The number of amides is 1. The Kier molecular flexibility index (Phi) is 3.15. The monoisotopic (exact) mass is 306 g/mol. The highest BCUT2D eigenvalue weighted by molar-refractivity contribution is 6.05. The van der Waals surface area contributed by atoms with Crippen LogP contribution in [-0.4, -0.2) is 20.9 Å². The van der Waals surface area contributed by atoms with Gasteiger partial charge in [0.25, 0.3) is 0 Å². The van der Waals surface area contributed by atoms with Crippen LogP contribution in [0, 0.1) is 5.92 Å². The molecule has 5 heteroatoms. The van der Waals surface area contributed by atoms with Crippen molar-refractivity contribution in [3.05, 3.63) is 42.2 Å². The molecular formula is C18H18N4O. The van der Waals surface area contributed by atoms with Crippen LogP contribution in [0.15, 0.2) is 36.7 Å². The first-order chi connectivity index (χ1) is 11.1. The van der Waals surface area contributed by atoms with E-state index in [0.29, 0.717) is 5.92 Å². The number of anilines is 1. The van der Waals surface area contributed by atoms with E-state index in [-0.39, 0.29) is 11.8 Å². The van der Waals surface area contributed by atoms with Crippen molar-refractivity contribution in [2.24, 2.45) is 5.92 Å². The molecule has 0 spiro atoms. The van der Waals surface area contributed by atoms with Crippen molar-refractivity contribution in [1.29, 1.82) is 0 Å². The maximum absolute atomic E-state index is 12.2. The molecule has 1 aliphatic rings. The zero-order valence-electron chi connectivity index (χ0n) is 13.1. The summed E-state index contributed by atoms with van der Waals surface area (Å²) in [6.45, 7) is 4.28. The number of hydrogen-bond donors (Lipinski definition) is 2. The van der Waals surface area contributed by atoms with Crippen LogP contribution in [0.5, 0.6) is 0 Å². The molecule has 116 valence electrons. The Balaban J connectivity index is 1.79. The van der Waals surface area contributed by atoms with Gasteiger partial charge in [-0.15, -0.1) is 0 Å². The van der Waals surface area contributed by atoms with Crippen molar-refractivity contribution >= 4 is 22.6 Å². The van der Waals surface area contributed by atoms with Crippen molar-refractivity contribution in [2.75, 3.05) is 5.32 Å². The van der Waals surface area contributed by atoms with Crippen LogP contribution in [0.2, 0.25) is 0 Å². The van der Waals surface area contributed by atoms with Gasteiger partial charge in [0.2, 0.25) is 5.91 Å². The fourth-order valence-electron chi connectivity index (χ4n) is 3.18. The summed E-state index contributed by atoms with van der Waals surface area (Å²) in [4.78, 5) is 24.3. The first kappa shape index (κ1) is 13.9. The van der Waals surface area contributed by atoms with E-state index >= 15 is 0 Å². The van der Waals surface area contributed by atoms with E-state index in [1.54, 1.807) is 12.4 Å². The molecule has 1 unspecified atom stereocenters. The summed E-state index contributed by atoms with van der Waals surface area (Å²) in [6.07, 6.45) is 4.38. The van der Waals surface area contributed by atoms with Crippen molar-refractivity contribution in [2.45, 2.75) is 26.2 Å². The molecule has 1 atom stereocenters. The van der Waals surface area contributed by atoms with Crippen LogP contribution in [0.4, 0.5) is 5.69 Å². The molecule has 4 rings (SSSR count). The third-order valence-electron chi connectivity index (χ3n) is 4.25. The quantitative estimate of drug-likeness (QED) is 0.775. The number of aromatic amines is 1. The lowest BCUT2D eigenvalue weighted by Gasteiger charge is -2.11. The van der Waals surface area contributed by atoms with Crippen LogP contribution < -0.4 is 5.32 Å². The van der Waals surface area contributed by atoms with Crippen LogP contribution in [0.1, 0.15) is 31.7 Å². The van der Waals surface area contributed by atoms with Gasteiger partial charge >= 0.3 is 0 Å². The fourth-order valence-corrected chi connectivity index (χ4v) is 3.18. The molecule has 1 aliphatic heterocycles. The third kappa shape index (κ3) is 2.38. The molecule has 0 bridgehead atoms. The number of benzene rings is 1. The number of fused-ring (bicyclic) bond motifs is 2. The van der Waals surface area contributed by atoms with Gasteiger partial charge in [-0.1, -0.05) is 13.8 Å². The van der Waals surface area contributed by atoms with Crippen molar-refractivity contribution in [3.63, 3.8) is 0 Å². The number of carbonyl (C=O) groups excluding carboxylic acids is 1. The second-order valence-electron chi connectivity index (χ2n) is 6.46. The summed E-state index contributed by atoms with van der Waals surface area (Å²) in [5, 5.41) is 2.99. The van der Waals surface area contributed by atoms with E-state index in [1.165, 1.54) is 0 Å². The summed E-state index contributed by atoms with van der Waals surface area (Å²) in [5.41, 5.74) is 4.71. The summed E-state index contributed by atoms with van der Waals surface area (Å²) in [7, 11) is 0. The Morgan fingerprint density at radius 3 is 2.91 bits per heavy atom. The zero-order chi connectivity index (χ0) is 16.0. The minimum absolute atomic E-state index is 0.0760. The Morgan fingerprint density at radius 1 is 1.30 bits per heavy atom. The Bertz CT molecular complexity index is 883. The van der Waals surface area contributed by atoms with Crippen molar-refractivity contribution in [3.8, 4) is 11.4 Å². The maximum Gasteiger partial charge on any atom is 0.232 e. The van der Waals surface area contributed by atoms with Crippen molar-refractivity contribution in [1.82, 2.24) is 15.0 Å². The van der Waals surface area contributed by atoms with Crippen LogP contribution >= 0.6 is 0 Å². The number of carbonyl (C=O) groups is 1. The van der Waals surface area contributed by atoms with Gasteiger partial charge in [-0.3, -0.25) is 9.78 Å². The molecule has 0 aliphatic carbocycles. The van der Waals surface area contributed by atoms with E-state index < -0.39 is 0 Å². The van der Waals surface area contributed by atoms with Gasteiger partial charge in [-0.2, -0.15) is 0 Å². The lowest BCUT2D eigenvalue weighted by molar-refractivity contribution is -0.117. The molecular weight excluding hydrogens is 288 g/mol. The maximum atomic E-state index is 12.2. The van der Waals surface area contributed by atoms with Gasteiger partial charge in [-0.25, -0.2) is 4.98 Å². The largest absolute Gasteiger partial charge is 0.338 e. The molecule has 2 aromatic heterocycles. The predicted octanol–water partition coefficient (Wildman–Crippen LogP) is 3.71. The number of hydrogen-bond acceptors (Lipinski definition) is 3. The van der Waals surface area contributed by atoms with E-state index in [9.17, 15) is 4.79 Å². The highest BCUT2D eigenvalue weighted by atomic mass is 16.2. The molecule has 0 fully saturated rings. The molecule has 1 aromatic carbocycles. The first-order valence-corrected chi connectivity index (χ1v) is 7.87. The minimum Gasteiger partial charge on any atom is -0.338 e. The summed E-state index contributed by atoms with van der Waals surface area (Å²) in [6, 6.07) is 7.88. The van der Waals surface area contributed by atoms with Gasteiger partial charge in [0.05, 0.1) is 17.0 Å². The second-order valence-corrected chi connectivity index (χ2v) is 6.46. The van der Waals surface area contributed by atoms with Crippen LogP contribution in [-0.2, 0) is 4.79 Å². The van der Waals surface area contributed by atoms with E-state index in [2.05, 4.69) is 34.1 Å². The standard InChI is InChI=1S/C18H18N4O/c1-10(2)6-13-12-7-15-16(8-14(12)22-18(13)23)21-17(20-15)11-4-3-5-19-9-11/h3-5,7-10,13H,6H2,1-2H3,(H,20,21)(H,22,23). The van der Waals surface area contributed by atoms with Crippen molar-refractivity contribution < 1.29 is 4.79 Å². The van der Waals surface area contributed by atoms with Gasteiger partial charge in [-0.05, 0) is 42.2 Å². The molecule has 2 N–H and O–H groups in total. The summed E-state index contributed by atoms with van der Waals surface area (Å²) < 4.78 is 0. The van der Waals surface area contributed by atoms with E-state index in [1.807, 2.05) is 24.3 Å². The highest BCUT2D eigenvalue weighted by Crippen LogP contribution is 2.39. The number of nitrogens with zero attached hydrogens (tertiary/aromatic N) is 2. The van der Waals surface area contributed by atoms with Gasteiger partial charge in [0, 0.05) is 23.6 Å². The van der Waals surface area contributed by atoms with Gasteiger partial charge in [0.15, 0.2) is 0 Å². The number of aromatic nitrogens is 3. The zero-order valence-corrected chi connectivity index (χ0v) is 13.1. The SMILES string of the molecule is CC(C)CC1C(=O)Nc2cc3[nH]c(-c4cccnc4)nc3cc21. The summed E-state index contributed by atoms with van der Waals surface area (Å²) in [5.74, 6) is 1.28. The predicted molar refractivity (Wildman–Crippen MR) is 90.2 cm³/mol. The van der Waals surface area contributed by atoms with Gasteiger partial charge < -0.3 is 10.3 Å². The fraction of sp³-hybridized carbons (Fsp3) is 0.278. The molecule has 5 nitrogen and oxygen atoms in total. The minimum atomic E-state index is -0.0760. The van der Waals surface area contributed by atoms with Crippen LogP contribution in [0.25, 0.3) is 22.4 Å². The number of H-pyrrole nitrogens is 1. The first-order valence-electron chi connectivity index (χ1n) is 7.87. The number of imidazole rings is 1. The number of pyridine rings is 1. The number of nitrogens with one attached hydrogen (secondary N) is 2. The lowest BCUT2D eigenvalue weighted by Crippen LogP contribution is -2.13. The third-order valence-corrected chi connectivity index (χ3v) is 4.25. The van der Waals surface area contributed by atoms with Gasteiger partial charge in [0.1, 0.15) is 5.82 Å².